The topological polar surface area (TPSA) is 35.5 Å². The first-order valence-electron chi connectivity index (χ1n) is 10.0. The van der Waals surface area contributed by atoms with Crippen molar-refractivity contribution in [2.24, 2.45) is 28.6 Å². The Kier molecular flexibility index (Phi) is 3.21. The van der Waals surface area contributed by atoms with Crippen LogP contribution in [0.3, 0.4) is 0 Å². The average molecular weight is 330 g/mol. The highest BCUT2D eigenvalue weighted by Crippen LogP contribution is 2.65. The molecule has 1 saturated heterocycles. The van der Waals surface area contributed by atoms with Gasteiger partial charge in [-0.3, -0.25) is 4.79 Å². The number of ketones is 1. The number of carbonyl (C=O) groups is 1. The maximum absolute atomic E-state index is 12.5. The minimum atomic E-state index is -0.409. The second-order valence-corrected chi connectivity index (χ2v) is 9.43. The lowest BCUT2D eigenvalue weighted by Crippen LogP contribution is -2.52. The Labute approximate surface area is 145 Å². The Balaban J connectivity index is 1.48. The SMILES string of the molecule is C[C@]12CCC3(C=C1CC[C@@H]1[C@@H]2CC[C@]2(C)C(=O)CC[C@@H]12)OCCO3. The van der Waals surface area contributed by atoms with Gasteiger partial charge < -0.3 is 9.47 Å². The molecule has 0 unspecified atom stereocenters. The molecule has 3 heteroatoms. The lowest BCUT2D eigenvalue weighted by molar-refractivity contribution is -0.146. The van der Waals surface area contributed by atoms with Crippen molar-refractivity contribution >= 4 is 5.78 Å². The molecule has 1 spiro atoms. The maximum atomic E-state index is 12.5. The molecule has 0 aromatic heterocycles. The van der Waals surface area contributed by atoms with E-state index in [1.54, 1.807) is 5.57 Å². The van der Waals surface area contributed by atoms with E-state index < -0.39 is 5.79 Å². The highest BCUT2D eigenvalue weighted by atomic mass is 16.7. The molecule has 132 valence electrons. The van der Waals surface area contributed by atoms with Gasteiger partial charge in [0.1, 0.15) is 5.78 Å². The third-order valence-electron chi connectivity index (χ3n) is 8.61. The van der Waals surface area contributed by atoms with E-state index in [9.17, 15) is 4.79 Å². The molecule has 5 atom stereocenters. The lowest BCUT2D eigenvalue weighted by Gasteiger charge is -2.58. The van der Waals surface area contributed by atoms with Gasteiger partial charge in [0.25, 0.3) is 0 Å². The molecule has 5 aliphatic rings. The Hall–Kier alpha value is -0.670. The number of Topliss-reactive ketones (excluding diaryl/α,β-unsaturated/α-hetero) is 1. The zero-order valence-electron chi connectivity index (χ0n) is 15.1. The molecule has 0 amide bonds. The normalized spacial score (nSPS) is 49.5. The maximum Gasteiger partial charge on any atom is 0.188 e. The molecule has 0 bridgehead atoms. The number of hydrogen-bond acceptors (Lipinski definition) is 3. The molecule has 0 N–H and O–H groups in total. The molecule has 3 saturated carbocycles. The zero-order chi connectivity index (χ0) is 16.6. The van der Waals surface area contributed by atoms with Crippen molar-refractivity contribution in [3.8, 4) is 0 Å². The molecular formula is C21H30O3. The standard InChI is InChI=1S/C21H30O3/c1-19-9-10-21(23-11-12-24-21)13-14(19)3-4-15-16-5-6-18(22)20(16,2)8-7-17(15)19/h13,15-17H,3-12H2,1-2H3/t15-,16-,17-,19-,20-/m0/s1. The number of fused-ring (bicyclic) bond motifs is 5. The number of rotatable bonds is 0. The summed E-state index contributed by atoms with van der Waals surface area (Å²) in [6.07, 6.45) is 11.3. The number of allylic oxidation sites excluding steroid dienone is 1. The van der Waals surface area contributed by atoms with Crippen molar-refractivity contribution in [2.75, 3.05) is 13.2 Å². The van der Waals surface area contributed by atoms with E-state index >= 15 is 0 Å². The third-order valence-corrected chi connectivity index (χ3v) is 8.61. The van der Waals surface area contributed by atoms with Crippen LogP contribution in [0.1, 0.15) is 65.2 Å². The van der Waals surface area contributed by atoms with Gasteiger partial charge in [-0.05, 0) is 67.8 Å². The van der Waals surface area contributed by atoms with Crippen molar-refractivity contribution in [2.45, 2.75) is 71.0 Å². The summed E-state index contributed by atoms with van der Waals surface area (Å²) in [5.74, 6) is 2.27. The minimum Gasteiger partial charge on any atom is -0.344 e. The fourth-order valence-electron chi connectivity index (χ4n) is 7.15. The van der Waals surface area contributed by atoms with Gasteiger partial charge in [-0.2, -0.15) is 0 Å². The van der Waals surface area contributed by atoms with Gasteiger partial charge in [0.15, 0.2) is 5.79 Å². The predicted molar refractivity (Wildman–Crippen MR) is 91.3 cm³/mol. The summed E-state index contributed by atoms with van der Waals surface area (Å²) in [6, 6.07) is 0. The molecular weight excluding hydrogens is 300 g/mol. The largest absolute Gasteiger partial charge is 0.344 e. The van der Waals surface area contributed by atoms with Gasteiger partial charge in [-0.25, -0.2) is 0 Å². The van der Waals surface area contributed by atoms with E-state index in [2.05, 4.69) is 19.9 Å². The Bertz CT molecular complexity index is 602. The highest BCUT2D eigenvalue weighted by Gasteiger charge is 2.60. The molecule has 4 aliphatic carbocycles. The molecule has 5 rings (SSSR count). The van der Waals surface area contributed by atoms with E-state index in [4.69, 9.17) is 9.47 Å². The van der Waals surface area contributed by atoms with Gasteiger partial charge in [-0.15, -0.1) is 0 Å². The van der Waals surface area contributed by atoms with Crippen LogP contribution in [-0.2, 0) is 14.3 Å². The molecule has 1 heterocycles. The van der Waals surface area contributed by atoms with Crippen molar-refractivity contribution < 1.29 is 14.3 Å². The fraction of sp³-hybridized carbons (Fsp3) is 0.857. The van der Waals surface area contributed by atoms with Crippen LogP contribution in [0, 0.1) is 28.6 Å². The van der Waals surface area contributed by atoms with Crippen LogP contribution in [-0.4, -0.2) is 24.8 Å². The first-order valence-corrected chi connectivity index (χ1v) is 10.0. The van der Waals surface area contributed by atoms with Gasteiger partial charge in [0.05, 0.1) is 13.2 Å². The summed E-state index contributed by atoms with van der Waals surface area (Å²) >= 11 is 0. The molecule has 0 radical (unpaired) electrons. The third kappa shape index (κ3) is 1.89. The van der Waals surface area contributed by atoms with Crippen LogP contribution in [0.4, 0.5) is 0 Å². The van der Waals surface area contributed by atoms with E-state index in [0.29, 0.717) is 17.1 Å². The predicted octanol–water partition coefficient (Wildman–Crippen LogP) is 4.26. The van der Waals surface area contributed by atoms with Crippen LogP contribution in [0.5, 0.6) is 0 Å². The first-order chi connectivity index (χ1) is 11.5. The molecule has 24 heavy (non-hydrogen) atoms. The summed E-state index contributed by atoms with van der Waals surface area (Å²) in [5.41, 5.74) is 1.88. The van der Waals surface area contributed by atoms with Crippen molar-refractivity contribution in [3.63, 3.8) is 0 Å². The molecule has 0 aromatic rings. The van der Waals surface area contributed by atoms with E-state index in [0.717, 1.165) is 50.7 Å². The van der Waals surface area contributed by atoms with Crippen LogP contribution < -0.4 is 0 Å². The second kappa shape index (κ2) is 4.94. The Morgan fingerprint density at radius 2 is 1.67 bits per heavy atom. The summed E-state index contributed by atoms with van der Waals surface area (Å²) in [5, 5.41) is 0. The highest BCUT2D eigenvalue weighted by molar-refractivity contribution is 5.87. The van der Waals surface area contributed by atoms with E-state index in [1.807, 2.05) is 0 Å². The fourth-order valence-corrected chi connectivity index (χ4v) is 7.15. The van der Waals surface area contributed by atoms with Crippen LogP contribution in [0.2, 0.25) is 0 Å². The van der Waals surface area contributed by atoms with Crippen molar-refractivity contribution in [1.29, 1.82) is 0 Å². The lowest BCUT2D eigenvalue weighted by atomic mass is 9.47. The smallest absolute Gasteiger partial charge is 0.188 e. The Morgan fingerprint density at radius 1 is 0.917 bits per heavy atom. The summed E-state index contributed by atoms with van der Waals surface area (Å²) < 4.78 is 11.9. The van der Waals surface area contributed by atoms with Gasteiger partial charge >= 0.3 is 0 Å². The van der Waals surface area contributed by atoms with Gasteiger partial charge in [0, 0.05) is 18.3 Å². The quantitative estimate of drug-likeness (QED) is 0.623. The number of carbonyl (C=O) groups excluding carboxylic acids is 1. The van der Waals surface area contributed by atoms with Crippen molar-refractivity contribution in [1.82, 2.24) is 0 Å². The van der Waals surface area contributed by atoms with E-state index in [1.165, 1.54) is 25.7 Å². The number of ether oxygens (including phenoxy) is 2. The van der Waals surface area contributed by atoms with E-state index in [-0.39, 0.29) is 5.41 Å². The molecule has 3 nitrogen and oxygen atoms in total. The summed E-state index contributed by atoms with van der Waals surface area (Å²) in [4.78, 5) is 12.5. The van der Waals surface area contributed by atoms with Crippen molar-refractivity contribution in [3.05, 3.63) is 11.6 Å². The van der Waals surface area contributed by atoms with Gasteiger partial charge in [-0.1, -0.05) is 19.4 Å². The zero-order valence-corrected chi connectivity index (χ0v) is 15.1. The minimum absolute atomic E-state index is 0.00763. The molecule has 1 aliphatic heterocycles. The number of hydrogen-bond donors (Lipinski definition) is 0. The average Bonchev–Trinajstić information content (AvgIpc) is 3.14. The van der Waals surface area contributed by atoms with Gasteiger partial charge in [0.2, 0.25) is 0 Å². The molecule has 4 fully saturated rings. The summed E-state index contributed by atoms with van der Waals surface area (Å²) in [7, 11) is 0. The second-order valence-electron chi connectivity index (χ2n) is 9.43. The first kappa shape index (κ1) is 15.6. The summed E-state index contributed by atoms with van der Waals surface area (Å²) in [6.45, 7) is 6.23. The Morgan fingerprint density at radius 3 is 2.46 bits per heavy atom. The van der Waals surface area contributed by atoms with Crippen LogP contribution in [0.25, 0.3) is 0 Å². The molecule has 0 aromatic carbocycles. The van der Waals surface area contributed by atoms with Crippen LogP contribution in [0.15, 0.2) is 11.6 Å². The van der Waals surface area contributed by atoms with Crippen LogP contribution >= 0.6 is 0 Å². The monoisotopic (exact) mass is 330 g/mol.